The second kappa shape index (κ2) is 8.20. The molecular formula is C26H25N3O3. The molecular weight excluding hydrogens is 402 g/mol. The molecule has 2 saturated heterocycles. The topological polar surface area (TPSA) is 73.7 Å². The first-order valence-corrected chi connectivity index (χ1v) is 10.8. The van der Waals surface area contributed by atoms with Crippen LogP contribution in [-0.4, -0.2) is 63.5 Å². The van der Waals surface area contributed by atoms with E-state index in [1.54, 1.807) is 34.3 Å². The number of piperazine rings is 1. The number of carbonyl (C=O) groups excluding carboxylic acids is 2. The van der Waals surface area contributed by atoms with Crippen LogP contribution < -0.4 is 0 Å². The van der Waals surface area contributed by atoms with Gasteiger partial charge < -0.3 is 14.9 Å². The first kappa shape index (κ1) is 20.4. The van der Waals surface area contributed by atoms with Gasteiger partial charge in [-0.15, -0.1) is 0 Å². The zero-order valence-electron chi connectivity index (χ0n) is 17.9. The highest BCUT2D eigenvalue weighted by Gasteiger charge is 2.54. The molecule has 0 spiro atoms. The first-order chi connectivity index (χ1) is 15.6. The zero-order valence-corrected chi connectivity index (χ0v) is 17.9. The van der Waals surface area contributed by atoms with Crippen molar-refractivity contribution in [1.29, 1.82) is 0 Å². The minimum absolute atomic E-state index is 0.0101. The summed E-state index contributed by atoms with van der Waals surface area (Å²) < 4.78 is 0. The maximum atomic E-state index is 12.9. The molecule has 6 nitrogen and oxygen atoms in total. The lowest BCUT2D eigenvalue weighted by atomic mass is 9.73. The Balaban J connectivity index is 1.38. The lowest BCUT2D eigenvalue weighted by Gasteiger charge is -2.58. The Morgan fingerprint density at radius 1 is 1.00 bits per heavy atom. The van der Waals surface area contributed by atoms with Crippen molar-refractivity contribution >= 4 is 11.8 Å². The largest absolute Gasteiger partial charge is 0.394 e. The molecule has 3 atom stereocenters. The Morgan fingerprint density at radius 3 is 2.25 bits per heavy atom. The molecule has 2 aliphatic heterocycles. The number of aliphatic hydroxyl groups excluding tert-OH is 1. The number of amides is 2. The monoisotopic (exact) mass is 427 g/mol. The van der Waals surface area contributed by atoms with Crippen LogP contribution in [0.2, 0.25) is 0 Å². The van der Waals surface area contributed by atoms with Gasteiger partial charge in [0.05, 0.1) is 18.7 Å². The number of rotatable bonds is 4. The van der Waals surface area contributed by atoms with E-state index in [4.69, 9.17) is 0 Å². The molecule has 3 aromatic rings. The third kappa shape index (κ3) is 3.46. The van der Waals surface area contributed by atoms with E-state index in [-0.39, 0.29) is 43.0 Å². The summed E-state index contributed by atoms with van der Waals surface area (Å²) in [6.07, 6.45) is 3.16. The average Bonchev–Trinajstić information content (AvgIpc) is 2.81. The molecule has 0 bridgehead atoms. The van der Waals surface area contributed by atoms with Gasteiger partial charge in [0.2, 0.25) is 5.91 Å². The summed E-state index contributed by atoms with van der Waals surface area (Å²) in [4.78, 5) is 33.1. The van der Waals surface area contributed by atoms with Crippen molar-refractivity contribution in [1.82, 2.24) is 14.8 Å². The highest BCUT2D eigenvalue weighted by molar-refractivity contribution is 5.97. The van der Waals surface area contributed by atoms with Crippen molar-refractivity contribution in [3.63, 3.8) is 0 Å². The van der Waals surface area contributed by atoms with Gasteiger partial charge in [-0.2, -0.15) is 0 Å². The number of hydrogen-bond acceptors (Lipinski definition) is 4. The summed E-state index contributed by atoms with van der Waals surface area (Å²) in [7, 11) is 0. The van der Waals surface area contributed by atoms with Gasteiger partial charge in [-0.3, -0.25) is 14.6 Å². The molecule has 0 radical (unpaired) electrons. The van der Waals surface area contributed by atoms with Gasteiger partial charge in [0, 0.05) is 30.4 Å². The second-order valence-corrected chi connectivity index (χ2v) is 8.55. The Labute approximate surface area is 187 Å². The van der Waals surface area contributed by atoms with E-state index >= 15 is 0 Å². The Kier molecular flexibility index (Phi) is 5.23. The number of fused-ring (bicyclic) bond motifs is 1. The van der Waals surface area contributed by atoms with Crippen LogP contribution in [0.1, 0.15) is 27.4 Å². The van der Waals surface area contributed by atoms with Crippen LogP contribution in [0.4, 0.5) is 0 Å². The molecule has 0 saturated carbocycles. The lowest BCUT2D eigenvalue weighted by molar-refractivity contribution is -0.159. The molecule has 2 fully saturated rings. The van der Waals surface area contributed by atoms with Crippen molar-refractivity contribution in [2.75, 3.05) is 19.7 Å². The predicted molar refractivity (Wildman–Crippen MR) is 121 cm³/mol. The van der Waals surface area contributed by atoms with Gasteiger partial charge >= 0.3 is 0 Å². The molecule has 32 heavy (non-hydrogen) atoms. The Bertz CT molecular complexity index is 1130. The first-order valence-electron chi connectivity index (χ1n) is 10.8. The number of pyridine rings is 1. The summed E-state index contributed by atoms with van der Waals surface area (Å²) in [5.41, 5.74) is 5.10. The van der Waals surface area contributed by atoms with E-state index in [0.29, 0.717) is 12.1 Å². The van der Waals surface area contributed by atoms with E-state index in [1.165, 1.54) is 5.56 Å². The summed E-state index contributed by atoms with van der Waals surface area (Å²) in [5, 5.41) is 10.0. The molecule has 2 aliphatic rings. The maximum Gasteiger partial charge on any atom is 0.254 e. The standard InChI is InChI=1S/C26H25N3O3/c1-17-2-4-18(5-3-17)19-6-8-20(9-7-19)25-22-14-28(15-24(31)29(22)23(25)16-30)26(32)21-10-12-27-13-11-21/h2-13,22-23,25,30H,14-16H2,1H3/t22-,23+,25-/m1/s1. The number of benzene rings is 2. The molecule has 162 valence electrons. The predicted octanol–water partition coefficient (Wildman–Crippen LogP) is 2.87. The summed E-state index contributed by atoms with van der Waals surface area (Å²) in [6.45, 7) is 2.46. The number of aryl methyl sites for hydroxylation is 1. The minimum atomic E-state index is -0.254. The van der Waals surface area contributed by atoms with E-state index in [9.17, 15) is 14.7 Å². The van der Waals surface area contributed by atoms with E-state index in [2.05, 4.69) is 60.4 Å². The number of aromatic nitrogens is 1. The molecule has 1 N–H and O–H groups in total. The number of aliphatic hydroxyl groups is 1. The van der Waals surface area contributed by atoms with Crippen molar-refractivity contribution < 1.29 is 14.7 Å². The Hall–Kier alpha value is -3.51. The van der Waals surface area contributed by atoms with Crippen LogP contribution in [-0.2, 0) is 4.79 Å². The van der Waals surface area contributed by atoms with Crippen molar-refractivity contribution in [3.05, 3.63) is 89.7 Å². The minimum Gasteiger partial charge on any atom is -0.394 e. The normalized spacial score (nSPS) is 22.3. The van der Waals surface area contributed by atoms with Gasteiger partial charge in [0.25, 0.3) is 5.91 Å². The van der Waals surface area contributed by atoms with E-state index in [1.807, 2.05) is 0 Å². The van der Waals surface area contributed by atoms with Gasteiger partial charge in [-0.1, -0.05) is 54.1 Å². The van der Waals surface area contributed by atoms with Crippen LogP contribution in [0.3, 0.4) is 0 Å². The SMILES string of the molecule is Cc1ccc(-c2ccc([C@@H]3[C@H]4CN(C(=O)c5ccncc5)CC(=O)N4[C@H]3CO)cc2)cc1. The fourth-order valence-corrected chi connectivity index (χ4v) is 4.98. The maximum absolute atomic E-state index is 12.9. The quantitative estimate of drug-likeness (QED) is 0.695. The Morgan fingerprint density at radius 2 is 1.62 bits per heavy atom. The molecule has 6 heteroatoms. The number of nitrogens with zero attached hydrogens (tertiary/aromatic N) is 3. The second-order valence-electron chi connectivity index (χ2n) is 8.55. The van der Waals surface area contributed by atoms with Crippen molar-refractivity contribution in [2.45, 2.75) is 24.9 Å². The fourth-order valence-electron chi connectivity index (χ4n) is 4.98. The van der Waals surface area contributed by atoms with Crippen LogP contribution >= 0.6 is 0 Å². The molecule has 5 rings (SSSR count). The van der Waals surface area contributed by atoms with Gasteiger partial charge in [0.15, 0.2) is 0 Å². The number of carbonyl (C=O) groups is 2. The summed E-state index contributed by atoms with van der Waals surface area (Å²) in [5.74, 6) is -0.291. The van der Waals surface area contributed by atoms with Crippen LogP contribution in [0.15, 0.2) is 73.1 Å². The molecule has 3 heterocycles. The molecule has 0 aliphatic carbocycles. The average molecular weight is 428 g/mol. The highest BCUT2D eigenvalue weighted by atomic mass is 16.3. The molecule has 1 aromatic heterocycles. The third-order valence-corrected chi connectivity index (χ3v) is 6.65. The van der Waals surface area contributed by atoms with Crippen molar-refractivity contribution in [2.24, 2.45) is 0 Å². The summed E-state index contributed by atoms with van der Waals surface area (Å²) in [6, 6.07) is 19.7. The molecule has 2 amide bonds. The van der Waals surface area contributed by atoms with Crippen LogP contribution in [0.5, 0.6) is 0 Å². The lowest BCUT2D eigenvalue weighted by Crippen LogP contribution is -2.73. The van der Waals surface area contributed by atoms with E-state index < -0.39 is 0 Å². The van der Waals surface area contributed by atoms with Gasteiger partial charge in [-0.25, -0.2) is 0 Å². The molecule has 2 aromatic carbocycles. The van der Waals surface area contributed by atoms with Crippen LogP contribution in [0.25, 0.3) is 11.1 Å². The summed E-state index contributed by atoms with van der Waals surface area (Å²) >= 11 is 0. The highest BCUT2D eigenvalue weighted by Crippen LogP contribution is 2.43. The molecule has 0 unspecified atom stereocenters. The van der Waals surface area contributed by atoms with Crippen LogP contribution in [0, 0.1) is 6.92 Å². The zero-order chi connectivity index (χ0) is 22.2. The van der Waals surface area contributed by atoms with Gasteiger partial charge in [-0.05, 0) is 35.7 Å². The number of hydrogen-bond donors (Lipinski definition) is 1. The third-order valence-electron chi connectivity index (χ3n) is 6.65. The van der Waals surface area contributed by atoms with Gasteiger partial charge in [0.1, 0.15) is 6.54 Å². The fraction of sp³-hybridized carbons (Fsp3) is 0.269. The van der Waals surface area contributed by atoms with E-state index in [0.717, 1.165) is 16.7 Å². The smallest absolute Gasteiger partial charge is 0.254 e. The van der Waals surface area contributed by atoms with Crippen molar-refractivity contribution in [3.8, 4) is 11.1 Å².